The Labute approximate surface area is 213 Å². The number of carbonyl (C=O) groups is 1. The number of carbonyl (C=O) groups excluding carboxylic acids is 1. The minimum atomic E-state index is -1.80. The van der Waals surface area contributed by atoms with Gasteiger partial charge in [0.1, 0.15) is 24.3 Å². The molecule has 1 aromatic rings. The number of likely N-dealkylation sites (tertiary alicyclic amines) is 2. The van der Waals surface area contributed by atoms with Crippen LogP contribution in [0.15, 0.2) is 23.4 Å². The Hall–Kier alpha value is -2.20. The lowest BCUT2D eigenvalue weighted by atomic mass is 9.81. The molecule has 0 aromatic heterocycles. The standard InChI is InChI=1S/C26H35BF2N4O3/c1-35-30-22-17-25(36-23-3-2-20(28)16-21(22)23)6-14-32(15-7-25)24(34)26(29)8-12-31(13-9-26)18-19-4-10-33(27)11-5-19/h2-3,16,19H,4-15,17-18H2,1H3/b30-22+. The molecule has 1 amide bonds. The number of ether oxygens (including phenoxy) is 1. The Kier molecular flexibility index (Phi) is 7.27. The van der Waals surface area contributed by atoms with Gasteiger partial charge in [0.25, 0.3) is 5.91 Å². The maximum Gasteiger partial charge on any atom is 0.260 e. The number of rotatable bonds is 4. The number of hydrogen-bond donors (Lipinski definition) is 0. The van der Waals surface area contributed by atoms with Gasteiger partial charge in [0.05, 0.1) is 5.71 Å². The van der Waals surface area contributed by atoms with Gasteiger partial charge < -0.3 is 24.2 Å². The minimum absolute atomic E-state index is 0.239. The summed E-state index contributed by atoms with van der Waals surface area (Å²) < 4.78 is 36.0. The van der Waals surface area contributed by atoms with E-state index in [9.17, 15) is 9.18 Å². The van der Waals surface area contributed by atoms with E-state index in [0.717, 1.165) is 32.5 Å². The number of benzene rings is 1. The highest BCUT2D eigenvalue weighted by Gasteiger charge is 2.48. The smallest absolute Gasteiger partial charge is 0.260 e. The van der Waals surface area contributed by atoms with Crippen LogP contribution in [0.25, 0.3) is 0 Å². The normalized spacial score (nSPS) is 26.0. The maximum atomic E-state index is 15.8. The van der Waals surface area contributed by atoms with E-state index < -0.39 is 17.2 Å². The molecule has 3 fully saturated rings. The van der Waals surface area contributed by atoms with E-state index in [-0.39, 0.29) is 18.7 Å². The third kappa shape index (κ3) is 5.25. The summed E-state index contributed by atoms with van der Waals surface area (Å²) in [4.78, 5) is 24.1. The van der Waals surface area contributed by atoms with Crippen molar-refractivity contribution in [1.29, 1.82) is 0 Å². The van der Waals surface area contributed by atoms with Crippen LogP contribution in [-0.2, 0) is 9.63 Å². The van der Waals surface area contributed by atoms with Gasteiger partial charge >= 0.3 is 0 Å². The first-order valence-corrected chi connectivity index (χ1v) is 13.1. The molecule has 7 nitrogen and oxygen atoms in total. The first-order chi connectivity index (χ1) is 17.3. The summed E-state index contributed by atoms with van der Waals surface area (Å²) in [6.45, 7) is 4.83. The van der Waals surface area contributed by atoms with Crippen LogP contribution in [0.2, 0.25) is 0 Å². The fraction of sp³-hybridized carbons (Fsp3) is 0.692. The molecule has 36 heavy (non-hydrogen) atoms. The minimum Gasteiger partial charge on any atom is -0.486 e. The van der Waals surface area contributed by atoms with E-state index in [1.807, 2.05) is 4.81 Å². The zero-order valence-corrected chi connectivity index (χ0v) is 21.1. The monoisotopic (exact) mass is 500 g/mol. The number of oxime groups is 1. The summed E-state index contributed by atoms with van der Waals surface area (Å²) in [6, 6.07) is 4.37. The molecule has 4 aliphatic rings. The molecule has 0 aliphatic carbocycles. The Balaban J connectivity index is 1.17. The van der Waals surface area contributed by atoms with Crippen LogP contribution in [0.1, 0.15) is 50.5 Å². The fourth-order valence-electron chi connectivity index (χ4n) is 6.16. The summed E-state index contributed by atoms with van der Waals surface area (Å²) >= 11 is 0. The molecule has 0 atom stereocenters. The lowest BCUT2D eigenvalue weighted by Gasteiger charge is -2.46. The summed E-state index contributed by atoms with van der Waals surface area (Å²) in [5.41, 5.74) is -1.15. The number of halogens is 2. The predicted molar refractivity (Wildman–Crippen MR) is 133 cm³/mol. The van der Waals surface area contributed by atoms with Crippen LogP contribution in [-0.4, -0.2) is 98.4 Å². The molecule has 0 N–H and O–H groups in total. The van der Waals surface area contributed by atoms with Gasteiger partial charge in [0, 0.05) is 70.4 Å². The second kappa shape index (κ2) is 10.3. The van der Waals surface area contributed by atoms with Crippen molar-refractivity contribution < 1.29 is 23.1 Å². The number of nitrogens with zero attached hydrogens (tertiary/aromatic N) is 4. The van der Waals surface area contributed by atoms with E-state index >= 15 is 4.39 Å². The Morgan fingerprint density at radius 1 is 1.14 bits per heavy atom. The number of fused-ring (bicyclic) bond motifs is 1. The van der Waals surface area contributed by atoms with Crippen LogP contribution in [0, 0.1) is 11.7 Å². The average Bonchev–Trinajstić information content (AvgIpc) is 2.88. The largest absolute Gasteiger partial charge is 0.486 e. The second-order valence-corrected chi connectivity index (χ2v) is 10.9. The molecule has 194 valence electrons. The Morgan fingerprint density at radius 2 is 1.83 bits per heavy atom. The van der Waals surface area contributed by atoms with Crippen molar-refractivity contribution in [3.05, 3.63) is 29.6 Å². The number of amides is 1. The van der Waals surface area contributed by atoms with E-state index in [2.05, 4.69) is 10.1 Å². The van der Waals surface area contributed by atoms with E-state index in [1.165, 1.54) is 19.2 Å². The molecule has 0 bridgehead atoms. The number of alkyl halides is 1. The molecule has 0 unspecified atom stereocenters. The molecule has 4 heterocycles. The fourth-order valence-corrected chi connectivity index (χ4v) is 6.16. The van der Waals surface area contributed by atoms with Crippen molar-refractivity contribution in [3.63, 3.8) is 0 Å². The molecule has 0 saturated carbocycles. The third-order valence-electron chi connectivity index (χ3n) is 8.43. The van der Waals surface area contributed by atoms with Crippen LogP contribution in [0.4, 0.5) is 8.78 Å². The zero-order valence-electron chi connectivity index (χ0n) is 21.1. The van der Waals surface area contributed by atoms with Crippen molar-refractivity contribution in [2.45, 2.75) is 56.2 Å². The van der Waals surface area contributed by atoms with Gasteiger partial charge in [-0.25, -0.2) is 8.78 Å². The highest BCUT2D eigenvalue weighted by atomic mass is 19.1. The van der Waals surface area contributed by atoms with Crippen molar-refractivity contribution in [1.82, 2.24) is 14.6 Å². The molecule has 5 rings (SSSR count). The molecule has 1 spiro atoms. The van der Waals surface area contributed by atoms with Crippen molar-refractivity contribution in [3.8, 4) is 5.75 Å². The molecular weight excluding hydrogens is 465 g/mol. The highest BCUT2D eigenvalue weighted by Crippen LogP contribution is 2.41. The van der Waals surface area contributed by atoms with Gasteiger partial charge in [-0.1, -0.05) is 5.16 Å². The van der Waals surface area contributed by atoms with E-state index in [0.29, 0.717) is 68.4 Å². The second-order valence-electron chi connectivity index (χ2n) is 10.9. The van der Waals surface area contributed by atoms with Gasteiger partial charge in [-0.3, -0.25) is 4.79 Å². The predicted octanol–water partition coefficient (Wildman–Crippen LogP) is 2.92. The number of hydrogen-bond acceptors (Lipinski definition) is 6. The molecular formula is C26H35BF2N4O3. The SMILES string of the molecule is [B]N1CCC(CN2CCC(F)(C(=O)N3CCC4(CC3)C/C(=N\OC)c3cc(F)ccc3O4)CC2)CC1. The molecule has 4 aliphatic heterocycles. The molecule has 3 saturated heterocycles. The number of piperidine rings is 3. The Morgan fingerprint density at radius 3 is 2.50 bits per heavy atom. The van der Waals surface area contributed by atoms with Gasteiger partial charge in [-0.15, -0.1) is 0 Å². The van der Waals surface area contributed by atoms with E-state index in [4.69, 9.17) is 17.6 Å². The first-order valence-electron chi connectivity index (χ1n) is 13.1. The van der Waals surface area contributed by atoms with Gasteiger partial charge in [0.2, 0.25) is 0 Å². The summed E-state index contributed by atoms with van der Waals surface area (Å²) in [5, 5.41) is 4.12. The van der Waals surface area contributed by atoms with Crippen LogP contribution >= 0.6 is 0 Å². The van der Waals surface area contributed by atoms with Crippen LogP contribution < -0.4 is 4.74 Å². The Bertz CT molecular complexity index is 985. The topological polar surface area (TPSA) is 57.6 Å². The average molecular weight is 500 g/mol. The summed E-state index contributed by atoms with van der Waals surface area (Å²) in [7, 11) is 7.32. The van der Waals surface area contributed by atoms with Crippen molar-refractivity contribution in [2.24, 2.45) is 11.1 Å². The quantitative estimate of drug-likeness (QED) is 0.470. The lowest BCUT2D eigenvalue weighted by molar-refractivity contribution is -0.151. The maximum absolute atomic E-state index is 15.8. The molecule has 10 heteroatoms. The third-order valence-corrected chi connectivity index (χ3v) is 8.43. The highest BCUT2D eigenvalue weighted by molar-refractivity contribution is 6.04. The zero-order chi connectivity index (χ0) is 25.3. The molecule has 1 aromatic carbocycles. The van der Waals surface area contributed by atoms with Crippen molar-refractivity contribution in [2.75, 3.05) is 52.9 Å². The molecule has 2 radical (unpaired) electrons. The van der Waals surface area contributed by atoms with Gasteiger partial charge in [-0.05, 0) is 50.0 Å². The van der Waals surface area contributed by atoms with Gasteiger partial charge in [0.15, 0.2) is 13.6 Å². The summed E-state index contributed by atoms with van der Waals surface area (Å²) in [5.74, 6) is 0.398. The first kappa shape index (κ1) is 25.5. The van der Waals surface area contributed by atoms with Gasteiger partial charge in [-0.2, -0.15) is 0 Å². The van der Waals surface area contributed by atoms with Crippen LogP contribution in [0.3, 0.4) is 0 Å². The van der Waals surface area contributed by atoms with E-state index in [1.54, 1.807) is 11.0 Å². The lowest BCUT2D eigenvalue weighted by Crippen LogP contribution is -2.58. The van der Waals surface area contributed by atoms with Crippen LogP contribution in [0.5, 0.6) is 5.75 Å². The van der Waals surface area contributed by atoms with Crippen molar-refractivity contribution >= 4 is 19.6 Å². The summed E-state index contributed by atoms with van der Waals surface area (Å²) in [6.07, 6.45) is 4.19.